The summed E-state index contributed by atoms with van der Waals surface area (Å²) >= 11 is 0. The van der Waals surface area contributed by atoms with Gasteiger partial charge in [0.15, 0.2) is 0 Å². The van der Waals surface area contributed by atoms with Gasteiger partial charge in [-0.1, -0.05) is 19.9 Å². The summed E-state index contributed by atoms with van der Waals surface area (Å²) in [6, 6.07) is 11.6. The molecule has 1 saturated heterocycles. The number of nitrogens with zero attached hydrogens (tertiary/aromatic N) is 2. The predicted octanol–water partition coefficient (Wildman–Crippen LogP) is 2.64. The summed E-state index contributed by atoms with van der Waals surface area (Å²) in [5, 5.41) is 2.80. The summed E-state index contributed by atoms with van der Waals surface area (Å²) in [5.74, 6) is 0.319. The number of rotatable bonds is 5. The van der Waals surface area contributed by atoms with Crippen LogP contribution in [0.4, 0.5) is 5.69 Å². The Hall–Kier alpha value is -2.45. The van der Waals surface area contributed by atoms with E-state index >= 15 is 0 Å². The van der Waals surface area contributed by atoms with Gasteiger partial charge in [0.25, 0.3) is 5.56 Å². The van der Waals surface area contributed by atoms with Crippen LogP contribution >= 0.6 is 0 Å². The maximum absolute atomic E-state index is 13.2. The molecule has 3 heterocycles. The van der Waals surface area contributed by atoms with E-state index in [1.165, 1.54) is 0 Å². The minimum absolute atomic E-state index is 0.0198. The quantitative estimate of drug-likeness (QED) is 0.791. The minimum atomic E-state index is -3.65. The van der Waals surface area contributed by atoms with E-state index in [0.29, 0.717) is 31.7 Å². The lowest BCUT2D eigenvalue weighted by atomic mass is 9.84. The summed E-state index contributed by atoms with van der Waals surface area (Å²) in [6.07, 6.45) is 1.32. The lowest BCUT2D eigenvalue weighted by Gasteiger charge is -2.42. The average molecular weight is 430 g/mol. The van der Waals surface area contributed by atoms with Gasteiger partial charge in [0, 0.05) is 49.4 Å². The van der Waals surface area contributed by atoms with Crippen molar-refractivity contribution in [1.29, 1.82) is 0 Å². The highest BCUT2D eigenvalue weighted by Crippen LogP contribution is 2.37. The number of hydrogen-bond acceptors (Lipinski definition) is 4. The van der Waals surface area contributed by atoms with E-state index in [2.05, 4.69) is 5.32 Å². The summed E-state index contributed by atoms with van der Waals surface area (Å²) in [5.41, 5.74) is 1.49. The van der Waals surface area contributed by atoms with Crippen LogP contribution in [-0.2, 0) is 21.4 Å². The van der Waals surface area contributed by atoms with Crippen LogP contribution in [0.1, 0.15) is 38.3 Å². The van der Waals surface area contributed by atoms with Crippen LogP contribution < -0.4 is 10.9 Å². The van der Waals surface area contributed by atoms with Crippen LogP contribution in [0.15, 0.2) is 52.2 Å². The van der Waals surface area contributed by atoms with Gasteiger partial charge in [-0.25, -0.2) is 8.42 Å². The summed E-state index contributed by atoms with van der Waals surface area (Å²) in [6.45, 7) is 5.27. The van der Waals surface area contributed by atoms with E-state index in [9.17, 15) is 18.0 Å². The summed E-state index contributed by atoms with van der Waals surface area (Å²) in [4.78, 5) is 24.3. The number of anilines is 1. The fourth-order valence-electron chi connectivity index (χ4n) is 4.49. The highest BCUT2D eigenvalue weighted by atomic mass is 32.2. The minimum Gasteiger partial charge on any atom is -0.326 e. The third kappa shape index (κ3) is 4.06. The number of hydrogen-bond donors (Lipinski definition) is 1. The number of benzene rings is 1. The third-order valence-electron chi connectivity index (χ3n) is 5.82. The molecule has 0 saturated carbocycles. The molecule has 2 aliphatic rings. The van der Waals surface area contributed by atoms with Crippen molar-refractivity contribution in [1.82, 2.24) is 8.87 Å². The van der Waals surface area contributed by atoms with Gasteiger partial charge in [-0.2, -0.15) is 4.31 Å². The highest BCUT2D eigenvalue weighted by molar-refractivity contribution is 7.89. The number of aromatic nitrogens is 1. The molecule has 4 rings (SSSR count). The van der Waals surface area contributed by atoms with Gasteiger partial charge in [0.1, 0.15) is 0 Å². The zero-order chi connectivity index (χ0) is 21.5. The molecule has 7 nitrogen and oxygen atoms in total. The Labute approximate surface area is 176 Å². The van der Waals surface area contributed by atoms with Crippen molar-refractivity contribution in [2.24, 2.45) is 11.8 Å². The maximum Gasteiger partial charge on any atom is 0.250 e. The highest BCUT2D eigenvalue weighted by Gasteiger charge is 2.39. The molecule has 8 heteroatoms. The molecular weight excluding hydrogens is 402 g/mol. The standard InChI is InChI=1S/C22H27N3O4S/c1-15(2)10-21(26)23-18-6-8-19(9-7-18)30(28,29)24-12-16-11-17(14-24)20-4-3-5-22(27)25(20)13-16/h3-9,15-17H,10-14H2,1-2H3,(H,23,26)/t16-,17+/m1/s1. The van der Waals surface area contributed by atoms with Crippen LogP contribution in [0.2, 0.25) is 0 Å². The molecule has 30 heavy (non-hydrogen) atoms. The van der Waals surface area contributed by atoms with Crippen molar-refractivity contribution in [2.75, 3.05) is 18.4 Å². The van der Waals surface area contributed by atoms with Gasteiger partial charge in [0.2, 0.25) is 15.9 Å². The van der Waals surface area contributed by atoms with Gasteiger partial charge in [-0.15, -0.1) is 0 Å². The van der Waals surface area contributed by atoms with Crippen LogP contribution in [0, 0.1) is 11.8 Å². The van der Waals surface area contributed by atoms with Crippen molar-refractivity contribution in [2.45, 2.75) is 44.0 Å². The van der Waals surface area contributed by atoms with Crippen LogP contribution in [0.5, 0.6) is 0 Å². The maximum atomic E-state index is 13.2. The number of sulfonamides is 1. The Morgan fingerprint density at radius 3 is 2.53 bits per heavy atom. The van der Waals surface area contributed by atoms with Crippen molar-refractivity contribution >= 4 is 21.6 Å². The molecular formula is C22H27N3O4S. The van der Waals surface area contributed by atoms with E-state index in [4.69, 9.17) is 0 Å². The first-order chi connectivity index (χ1) is 14.2. The van der Waals surface area contributed by atoms with E-state index in [-0.39, 0.29) is 34.1 Å². The number of carbonyl (C=O) groups excluding carboxylic acids is 1. The lowest BCUT2D eigenvalue weighted by Crippen LogP contribution is -2.48. The molecule has 0 unspecified atom stereocenters. The van der Waals surface area contributed by atoms with E-state index in [1.54, 1.807) is 45.3 Å². The van der Waals surface area contributed by atoms with E-state index < -0.39 is 10.0 Å². The third-order valence-corrected chi connectivity index (χ3v) is 7.66. The van der Waals surface area contributed by atoms with Crippen molar-refractivity contribution in [3.8, 4) is 0 Å². The lowest BCUT2D eigenvalue weighted by molar-refractivity contribution is -0.116. The zero-order valence-corrected chi connectivity index (χ0v) is 18.1. The Balaban J connectivity index is 1.52. The first-order valence-corrected chi connectivity index (χ1v) is 11.8. The Morgan fingerprint density at radius 2 is 1.83 bits per heavy atom. The van der Waals surface area contributed by atoms with Crippen LogP contribution in [-0.4, -0.2) is 36.3 Å². The number of carbonyl (C=O) groups is 1. The second-order valence-electron chi connectivity index (χ2n) is 8.69. The number of fused-ring (bicyclic) bond motifs is 4. The molecule has 2 aromatic rings. The molecule has 160 valence electrons. The molecule has 2 aliphatic heterocycles. The summed E-state index contributed by atoms with van der Waals surface area (Å²) in [7, 11) is -3.65. The second kappa shape index (κ2) is 8.00. The predicted molar refractivity (Wildman–Crippen MR) is 115 cm³/mol. The van der Waals surface area contributed by atoms with Crippen molar-refractivity contribution < 1.29 is 13.2 Å². The smallest absolute Gasteiger partial charge is 0.250 e. The first kappa shape index (κ1) is 20.8. The molecule has 1 N–H and O–H groups in total. The number of amides is 1. The molecule has 0 spiro atoms. The van der Waals surface area contributed by atoms with E-state index in [1.807, 2.05) is 19.9 Å². The molecule has 2 atom stereocenters. The van der Waals surface area contributed by atoms with Gasteiger partial charge >= 0.3 is 0 Å². The fraction of sp³-hybridized carbons (Fsp3) is 0.455. The van der Waals surface area contributed by atoms with Crippen LogP contribution in [0.3, 0.4) is 0 Å². The van der Waals surface area contributed by atoms with Crippen molar-refractivity contribution in [3.05, 3.63) is 58.5 Å². The average Bonchev–Trinajstić information content (AvgIpc) is 2.68. The fourth-order valence-corrected chi connectivity index (χ4v) is 6.05. The van der Waals surface area contributed by atoms with Crippen LogP contribution in [0.25, 0.3) is 0 Å². The largest absolute Gasteiger partial charge is 0.326 e. The molecule has 0 radical (unpaired) electrons. The Kier molecular flexibility index (Phi) is 5.55. The Morgan fingerprint density at radius 1 is 1.10 bits per heavy atom. The van der Waals surface area contributed by atoms with Gasteiger partial charge in [0.05, 0.1) is 4.90 Å². The first-order valence-electron chi connectivity index (χ1n) is 10.3. The molecule has 0 aliphatic carbocycles. The van der Waals surface area contributed by atoms with Crippen molar-refractivity contribution in [3.63, 3.8) is 0 Å². The number of piperidine rings is 1. The molecule has 1 aromatic heterocycles. The summed E-state index contributed by atoms with van der Waals surface area (Å²) < 4.78 is 29.8. The Bertz CT molecular complexity index is 1110. The number of pyridine rings is 1. The molecule has 1 fully saturated rings. The second-order valence-corrected chi connectivity index (χ2v) is 10.6. The van der Waals surface area contributed by atoms with E-state index in [0.717, 1.165) is 12.1 Å². The van der Waals surface area contributed by atoms with Gasteiger partial charge < -0.3 is 9.88 Å². The topological polar surface area (TPSA) is 88.5 Å². The monoisotopic (exact) mass is 429 g/mol. The normalized spacial score (nSPS) is 21.3. The van der Waals surface area contributed by atoms with Gasteiger partial charge in [-0.05, 0) is 48.6 Å². The molecule has 1 aromatic carbocycles. The number of nitrogens with one attached hydrogen (secondary N) is 1. The SMILES string of the molecule is CC(C)CC(=O)Nc1ccc(S(=O)(=O)N2C[C@H]3C[C@@H](C2)c2cccc(=O)n2C3)cc1. The molecule has 1 amide bonds. The van der Waals surface area contributed by atoms with Gasteiger partial charge in [-0.3, -0.25) is 9.59 Å². The molecule has 2 bridgehead atoms. The zero-order valence-electron chi connectivity index (χ0n) is 17.2.